The fourth-order valence-electron chi connectivity index (χ4n) is 5.64. The smallest absolute Gasteiger partial charge is 0.113 e. The Bertz CT molecular complexity index is 887. The van der Waals surface area contributed by atoms with Crippen LogP contribution in [0.25, 0.3) is 11.3 Å². The average Bonchev–Trinajstić information content (AvgIpc) is 3.36. The molecule has 1 aliphatic heterocycles. The molecule has 0 radical (unpaired) electrons. The summed E-state index contributed by atoms with van der Waals surface area (Å²) in [6.45, 7) is 8.22. The lowest BCUT2D eigenvalue weighted by atomic mass is 9.43. The largest absolute Gasteiger partial charge is 0.379 e. The van der Waals surface area contributed by atoms with Crippen LogP contribution in [-0.2, 0) is 10.3 Å². The lowest BCUT2D eigenvalue weighted by Crippen LogP contribution is -2.79. The summed E-state index contributed by atoms with van der Waals surface area (Å²) in [7, 11) is 0. The summed E-state index contributed by atoms with van der Waals surface area (Å²) in [5, 5.41) is 0. The van der Waals surface area contributed by atoms with Crippen molar-refractivity contribution in [3.63, 3.8) is 0 Å². The SMILES string of the molecule is Cc1cc(-c2cn(C34CC(N5CCOCC5)(C3)C4)c(C3CC3)n2)cnc1C. The standard InChI is InChI=1S/C22H28N4O/c1-15-9-18(10-23-16(15)2)19-11-26(20(24-19)17-3-4-17)22-12-21(13-22,14-22)25-5-7-27-8-6-25/h9-11,17H,3-8,12-14H2,1-2H3. The molecule has 5 aliphatic rings. The summed E-state index contributed by atoms with van der Waals surface area (Å²) in [5.41, 5.74) is 5.40. The van der Waals surface area contributed by atoms with Gasteiger partial charge in [0, 0.05) is 48.2 Å². The van der Waals surface area contributed by atoms with Crippen molar-refractivity contribution in [2.45, 2.75) is 62.9 Å². The van der Waals surface area contributed by atoms with Gasteiger partial charge in [0.25, 0.3) is 0 Å². The van der Waals surface area contributed by atoms with Crippen LogP contribution in [0, 0.1) is 13.8 Å². The highest BCUT2D eigenvalue weighted by Gasteiger charge is 2.71. The van der Waals surface area contributed by atoms with Gasteiger partial charge in [-0.15, -0.1) is 0 Å². The zero-order valence-corrected chi connectivity index (χ0v) is 16.4. The van der Waals surface area contributed by atoms with Crippen molar-refractivity contribution in [3.05, 3.63) is 35.5 Å². The second-order valence-electron chi connectivity index (χ2n) is 9.33. The minimum absolute atomic E-state index is 0.328. The quantitative estimate of drug-likeness (QED) is 0.834. The number of morpholine rings is 1. The van der Waals surface area contributed by atoms with E-state index in [1.165, 1.54) is 43.5 Å². The van der Waals surface area contributed by atoms with Crippen molar-refractivity contribution in [2.75, 3.05) is 26.3 Å². The predicted molar refractivity (Wildman–Crippen MR) is 104 cm³/mol. The molecule has 4 aliphatic carbocycles. The molecule has 5 heteroatoms. The van der Waals surface area contributed by atoms with Crippen LogP contribution in [0.1, 0.15) is 55.1 Å². The van der Waals surface area contributed by atoms with Gasteiger partial charge in [0.15, 0.2) is 0 Å². The lowest BCUT2D eigenvalue weighted by molar-refractivity contribution is -0.221. The van der Waals surface area contributed by atoms with Gasteiger partial charge in [0.2, 0.25) is 0 Å². The van der Waals surface area contributed by atoms with Gasteiger partial charge >= 0.3 is 0 Å². The van der Waals surface area contributed by atoms with Crippen molar-refractivity contribution in [2.24, 2.45) is 0 Å². The number of ether oxygens (including phenoxy) is 1. The van der Waals surface area contributed by atoms with E-state index < -0.39 is 0 Å². The Kier molecular flexibility index (Phi) is 3.26. The molecule has 0 spiro atoms. The van der Waals surface area contributed by atoms with Crippen molar-refractivity contribution in [3.8, 4) is 11.3 Å². The monoisotopic (exact) mass is 364 g/mol. The van der Waals surface area contributed by atoms with Gasteiger partial charge in [-0.2, -0.15) is 0 Å². The van der Waals surface area contributed by atoms with E-state index in [2.05, 4.69) is 40.6 Å². The van der Waals surface area contributed by atoms with Gasteiger partial charge in [-0.1, -0.05) is 0 Å². The average molecular weight is 364 g/mol. The zero-order chi connectivity index (χ0) is 18.2. The Morgan fingerprint density at radius 3 is 2.48 bits per heavy atom. The topological polar surface area (TPSA) is 43.2 Å². The number of pyridine rings is 1. The van der Waals surface area contributed by atoms with Gasteiger partial charge in [-0.05, 0) is 57.6 Å². The van der Waals surface area contributed by atoms with Crippen LogP contribution in [0.2, 0.25) is 0 Å². The third kappa shape index (κ3) is 2.31. The highest BCUT2D eigenvalue weighted by atomic mass is 16.5. The van der Waals surface area contributed by atoms with Gasteiger partial charge in [-0.3, -0.25) is 9.88 Å². The van der Waals surface area contributed by atoms with E-state index in [1.54, 1.807) is 0 Å². The molecular weight excluding hydrogens is 336 g/mol. The first kappa shape index (κ1) is 16.3. The number of nitrogens with zero attached hydrogens (tertiary/aromatic N) is 4. The van der Waals surface area contributed by atoms with E-state index in [1.807, 2.05) is 6.20 Å². The molecule has 4 saturated carbocycles. The minimum atomic E-state index is 0.328. The van der Waals surface area contributed by atoms with Gasteiger partial charge in [-0.25, -0.2) is 4.98 Å². The Balaban J connectivity index is 1.31. The van der Waals surface area contributed by atoms with Crippen molar-refractivity contribution >= 4 is 0 Å². The zero-order valence-electron chi connectivity index (χ0n) is 16.4. The molecule has 0 aromatic carbocycles. The summed E-state index contributed by atoms with van der Waals surface area (Å²) in [5.74, 6) is 2.00. The fraction of sp³-hybridized carbons (Fsp3) is 0.636. The Labute approximate surface area is 160 Å². The second kappa shape index (κ2) is 5.42. The molecule has 0 unspecified atom stereocenters. The number of rotatable bonds is 4. The van der Waals surface area contributed by atoms with E-state index in [-0.39, 0.29) is 0 Å². The van der Waals surface area contributed by atoms with E-state index in [0.717, 1.165) is 43.3 Å². The summed E-state index contributed by atoms with van der Waals surface area (Å²) in [4.78, 5) is 12.4. The highest BCUT2D eigenvalue weighted by Crippen LogP contribution is 2.69. The first-order chi connectivity index (χ1) is 13.1. The molecule has 5 fully saturated rings. The third-order valence-corrected chi connectivity index (χ3v) is 7.48. The molecule has 0 atom stereocenters. The highest BCUT2D eigenvalue weighted by molar-refractivity contribution is 5.59. The molecule has 3 heterocycles. The van der Waals surface area contributed by atoms with Crippen molar-refractivity contribution in [1.29, 1.82) is 0 Å². The molecule has 1 saturated heterocycles. The maximum Gasteiger partial charge on any atom is 0.113 e. The molecule has 27 heavy (non-hydrogen) atoms. The van der Waals surface area contributed by atoms with Crippen LogP contribution >= 0.6 is 0 Å². The van der Waals surface area contributed by atoms with E-state index in [0.29, 0.717) is 17.0 Å². The molecule has 0 N–H and O–H groups in total. The van der Waals surface area contributed by atoms with E-state index in [4.69, 9.17) is 9.72 Å². The summed E-state index contributed by atoms with van der Waals surface area (Å²) >= 11 is 0. The molecule has 5 nitrogen and oxygen atoms in total. The van der Waals surface area contributed by atoms with Crippen LogP contribution < -0.4 is 0 Å². The first-order valence-electron chi connectivity index (χ1n) is 10.4. The Morgan fingerprint density at radius 1 is 1.07 bits per heavy atom. The number of imidazole rings is 1. The molecule has 2 bridgehead atoms. The van der Waals surface area contributed by atoms with E-state index in [9.17, 15) is 0 Å². The number of aryl methyl sites for hydroxylation is 2. The summed E-state index contributed by atoms with van der Waals surface area (Å²) in [6.07, 6.45) is 10.8. The molecule has 2 aromatic rings. The van der Waals surface area contributed by atoms with Crippen molar-refractivity contribution in [1.82, 2.24) is 19.4 Å². The normalized spacial score (nSPS) is 32.8. The van der Waals surface area contributed by atoms with E-state index >= 15 is 0 Å². The van der Waals surface area contributed by atoms with Crippen LogP contribution in [0.3, 0.4) is 0 Å². The summed E-state index contributed by atoms with van der Waals surface area (Å²) in [6, 6.07) is 2.24. The molecule has 0 amide bonds. The number of hydrogen-bond donors (Lipinski definition) is 0. The van der Waals surface area contributed by atoms with Gasteiger partial charge < -0.3 is 9.30 Å². The van der Waals surface area contributed by atoms with Gasteiger partial charge in [0.1, 0.15) is 5.82 Å². The number of hydrogen-bond acceptors (Lipinski definition) is 4. The lowest BCUT2D eigenvalue weighted by Gasteiger charge is -2.74. The maximum atomic E-state index is 5.56. The molecule has 7 rings (SSSR count). The van der Waals surface area contributed by atoms with Crippen LogP contribution in [0.5, 0.6) is 0 Å². The summed E-state index contributed by atoms with van der Waals surface area (Å²) < 4.78 is 8.14. The third-order valence-electron chi connectivity index (χ3n) is 7.48. The molecule has 142 valence electrons. The maximum absolute atomic E-state index is 5.56. The van der Waals surface area contributed by atoms with Crippen LogP contribution in [-0.4, -0.2) is 51.3 Å². The Morgan fingerprint density at radius 2 is 1.81 bits per heavy atom. The number of aromatic nitrogens is 3. The molecular formula is C22H28N4O. The van der Waals surface area contributed by atoms with Crippen LogP contribution in [0.15, 0.2) is 18.5 Å². The van der Waals surface area contributed by atoms with Crippen molar-refractivity contribution < 1.29 is 4.74 Å². The predicted octanol–water partition coefficient (Wildman–Crippen LogP) is 3.40. The van der Waals surface area contributed by atoms with Crippen LogP contribution in [0.4, 0.5) is 0 Å². The van der Waals surface area contributed by atoms with Gasteiger partial charge in [0.05, 0.1) is 24.4 Å². The second-order valence-corrected chi connectivity index (χ2v) is 9.33. The first-order valence-corrected chi connectivity index (χ1v) is 10.4. The Hall–Kier alpha value is -1.72. The fourth-order valence-corrected chi connectivity index (χ4v) is 5.64. The minimum Gasteiger partial charge on any atom is -0.379 e. The molecule has 2 aromatic heterocycles.